The minimum absolute atomic E-state index is 0. The molecule has 0 saturated carbocycles. The van der Waals surface area contributed by atoms with Crippen molar-refractivity contribution in [2.45, 2.75) is 39.7 Å². The van der Waals surface area contributed by atoms with Crippen LogP contribution in [0.2, 0.25) is 0 Å². The summed E-state index contributed by atoms with van der Waals surface area (Å²) in [5.74, 6) is 1.30. The second-order valence-corrected chi connectivity index (χ2v) is 7.71. The van der Waals surface area contributed by atoms with Crippen LogP contribution in [0.15, 0.2) is 35.3 Å². The molecule has 0 radical (unpaired) electrons. The molecule has 1 fully saturated rings. The average Bonchev–Trinajstić information content (AvgIpc) is 3.12. The van der Waals surface area contributed by atoms with Gasteiger partial charge in [-0.15, -0.1) is 24.0 Å². The SMILES string of the molecule is CCNC(=NCC1(CCO)CCOC1)NCC(Nc1ccccc1)C(C)C.I. The lowest BCUT2D eigenvalue weighted by atomic mass is 9.84. The number of nitrogens with one attached hydrogen (secondary N) is 3. The van der Waals surface area contributed by atoms with Gasteiger partial charge >= 0.3 is 0 Å². The van der Waals surface area contributed by atoms with Gasteiger partial charge in [-0.25, -0.2) is 0 Å². The van der Waals surface area contributed by atoms with Crippen LogP contribution in [0.25, 0.3) is 0 Å². The van der Waals surface area contributed by atoms with E-state index >= 15 is 0 Å². The van der Waals surface area contributed by atoms with Gasteiger partial charge in [-0.2, -0.15) is 0 Å². The van der Waals surface area contributed by atoms with E-state index < -0.39 is 0 Å². The summed E-state index contributed by atoms with van der Waals surface area (Å²) in [6.07, 6.45) is 1.70. The maximum absolute atomic E-state index is 9.39. The normalized spacial score (nSPS) is 20.5. The number of benzene rings is 1. The monoisotopic (exact) mass is 504 g/mol. The molecule has 1 aliphatic heterocycles. The Hall–Kier alpha value is -1.06. The number of halogens is 1. The number of rotatable bonds is 10. The number of para-hydroxylation sites is 1. The predicted molar refractivity (Wildman–Crippen MR) is 128 cm³/mol. The van der Waals surface area contributed by atoms with Crippen molar-refractivity contribution in [2.24, 2.45) is 16.3 Å². The van der Waals surface area contributed by atoms with E-state index in [4.69, 9.17) is 9.73 Å². The van der Waals surface area contributed by atoms with E-state index in [0.717, 1.165) is 44.2 Å². The van der Waals surface area contributed by atoms with Gasteiger partial charge < -0.3 is 25.8 Å². The predicted octanol–water partition coefficient (Wildman–Crippen LogP) is 3.09. The van der Waals surface area contributed by atoms with Crippen molar-refractivity contribution in [3.63, 3.8) is 0 Å². The Morgan fingerprint density at radius 2 is 2.00 bits per heavy atom. The summed E-state index contributed by atoms with van der Waals surface area (Å²) in [6, 6.07) is 10.6. The number of guanidine groups is 1. The molecule has 0 aliphatic carbocycles. The molecule has 6 nitrogen and oxygen atoms in total. The van der Waals surface area contributed by atoms with Gasteiger partial charge in [-0.1, -0.05) is 32.0 Å². The standard InChI is InChI=1S/C21H36N4O2.HI/c1-4-22-20(24-15-21(10-12-26)11-13-27-16-21)23-14-19(17(2)3)25-18-8-6-5-7-9-18;/h5-9,17,19,25-26H,4,10-16H2,1-3H3,(H2,22,23,24);1H. The van der Waals surface area contributed by atoms with Crippen LogP contribution in [0.3, 0.4) is 0 Å². The van der Waals surface area contributed by atoms with Gasteiger partial charge in [0, 0.05) is 43.4 Å². The zero-order valence-corrected chi connectivity index (χ0v) is 19.7. The Balaban J connectivity index is 0.00000392. The molecule has 7 heteroatoms. The van der Waals surface area contributed by atoms with Crippen LogP contribution in [0.1, 0.15) is 33.6 Å². The molecule has 160 valence electrons. The molecular weight excluding hydrogens is 467 g/mol. The quantitative estimate of drug-likeness (QED) is 0.224. The summed E-state index contributed by atoms with van der Waals surface area (Å²) >= 11 is 0. The molecule has 1 aromatic rings. The fraction of sp³-hybridized carbons (Fsp3) is 0.667. The first kappa shape index (κ1) is 25.0. The maximum atomic E-state index is 9.39. The van der Waals surface area contributed by atoms with Crippen LogP contribution >= 0.6 is 24.0 Å². The van der Waals surface area contributed by atoms with E-state index in [0.29, 0.717) is 19.1 Å². The highest BCUT2D eigenvalue weighted by Crippen LogP contribution is 2.32. The highest BCUT2D eigenvalue weighted by atomic mass is 127. The van der Waals surface area contributed by atoms with Gasteiger partial charge in [0.15, 0.2) is 5.96 Å². The molecule has 1 saturated heterocycles. The lowest BCUT2D eigenvalue weighted by Gasteiger charge is -2.27. The third kappa shape index (κ3) is 8.13. The van der Waals surface area contributed by atoms with Crippen molar-refractivity contribution in [3.05, 3.63) is 30.3 Å². The molecule has 2 atom stereocenters. The molecule has 0 spiro atoms. The number of aliphatic hydroxyl groups excluding tert-OH is 1. The van der Waals surface area contributed by atoms with Crippen LogP contribution < -0.4 is 16.0 Å². The summed E-state index contributed by atoms with van der Waals surface area (Å²) < 4.78 is 5.57. The fourth-order valence-electron chi connectivity index (χ4n) is 3.28. The Kier molecular flexibility index (Phi) is 11.8. The van der Waals surface area contributed by atoms with E-state index in [9.17, 15) is 5.11 Å². The second-order valence-electron chi connectivity index (χ2n) is 7.71. The number of aliphatic imine (C=N–C) groups is 1. The lowest BCUT2D eigenvalue weighted by molar-refractivity contribution is 0.131. The zero-order chi connectivity index (χ0) is 19.5. The molecule has 28 heavy (non-hydrogen) atoms. The first-order chi connectivity index (χ1) is 13.1. The number of ether oxygens (including phenoxy) is 1. The summed E-state index contributed by atoms with van der Waals surface area (Å²) in [4.78, 5) is 4.80. The van der Waals surface area contributed by atoms with Crippen LogP contribution in [0.5, 0.6) is 0 Å². The minimum Gasteiger partial charge on any atom is -0.396 e. The molecule has 0 bridgehead atoms. The molecule has 2 rings (SSSR count). The number of aliphatic hydroxyl groups is 1. The smallest absolute Gasteiger partial charge is 0.191 e. The maximum Gasteiger partial charge on any atom is 0.191 e. The Bertz CT molecular complexity index is 563. The van der Waals surface area contributed by atoms with Crippen LogP contribution in [-0.2, 0) is 4.74 Å². The molecule has 0 aromatic heterocycles. The number of nitrogens with zero attached hydrogens (tertiary/aromatic N) is 1. The van der Waals surface area contributed by atoms with Crippen molar-refractivity contribution < 1.29 is 9.84 Å². The zero-order valence-electron chi connectivity index (χ0n) is 17.4. The highest BCUT2D eigenvalue weighted by molar-refractivity contribution is 14.0. The second kappa shape index (κ2) is 13.2. The van der Waals surface area contributed by atoms with Crippen molar-refractivity contribution in [2.75, 3.05) is 44.8 Å². The van der Waals surface area contributed by atoms with Crippen LogP contribution in [0, 0.1) is 11.3 Å². The third-order valence-electron chi connectivity index (χ3n) is 5.16. The van der Waals surface area contributed by atoms with Crippen molar-refractivity contribution >= 4 is 35.6 Å². The Morgan fingerprint density at radius 3 is 2.57 bits per heavy atom. The number of hydrogen-bond donors (Lipinski definition) is 4. The van der Waals surface area contributed by atoms with Crippen LogP contribution in [-0.4, -0.2) is 56.6 Å². The summed E-state index contributed by atoms with van der Waals surface area (Å²) in [5.41, 5.74) is 1.10. The first-order valence-electron chi connectivity index (χ1n) is 10.1. The topological polar surface area (TPSA) is 77.9 Å². The van der Waals surface area contributed by atoms with Gasteiger partial charge in [0.25, 0.3) is 0 Å². The first-order valence-corrected chi connectivity index (χ1v) is 10.1. The van der Waals surface area contributed by atoms with Gasteiger partial charge in [0.1, 0.15) is 0 Å². The van der Waals surface area contributed by atoms with E-state index in [-0.39, 0.29) is 42.0 Å². The minimum atomic E-state index is -0.0309. The number of hydrogen-bond acceptors (Lipinski definition) is 4. The average molecular weight is 504 g/mol. The third-order valence-corrected chi connectivity index (χ3v) is 5.16. The Morgan fingerprint density at radius 1 is 1.25 bits per heavy atom. The Labute approximate surface area is 186 Å². The molecule has 1 heterocycles. The molecule has 2 unspecified atom stereocenters. The van der Waals surface area contributed by atoms with E-state index in [1.807, 2.05) is 18.2 Å². The largest absolute Gasteiger partial charge is 0.396 e. The van der Waals surface area contributed by atoms with Crippen molar-refractivity contribution in [1.82, 2.24) is 10.6 Å². The molecule has 1 aromatic carbocycles. The summed E-state index contributed by atoms with van der Waals surface area (Å²) in [7, 11) is 0. The molecular formula is C21H37IN4O2. The van der Waals surface area contributed by atoms with Gasteiger partial charge in [-0.3, -0.25) is 4.99 Å². The highest BCUT2D eigenvalue weighted by Gasteiger charge is 2.34. The van der Waals surface area contributed by atoms with E-state index in [2.05, 4.69) is 48.9 Å². The fourth-order valence-corrected chi connectivity index (χ4v) is 3.28. The molecule has 0 amide bonds. The summed E-state index contributed by atoms with van der Waals surface area (Å²) in [5, 5.41) is 19.8. The summed E-state index contributed by atoms with van der Waals surface area (Å²) in [6.45, 7) is 10.4. The van der Waals surface area contributed by atoms with Gasteiger partial charge in [0.2, 0.25) is 0 Å². The van der Waals surface area contributed by atoms with Crippen molar-refractivity contribution in [3.8, 4) is 0 Å². The van der Waals surface area contributed by atoms with E-state index in [1.54, 1.807) is 0 Å². The number of anilines is 1. The van der Waals surface area contributed by atoms with Crippen LogP contribution in [0.4, 0.5) is 5.69 Å². The van der Waals surface area contributed by atoms with Gasteiger partial charge in [0.05, 0.1) is 13.2 Å². The lowest BCUT2D eigenvalue weighted by Crippen LogP contribution is -2.45. The van der Waals surface area contributed by atoms with Crippen molar-refractivity contribution in [1.29, 1.82) is 0 Å². The molecule has 4 N–H and O–H groups in total. The van der Waals surface area contributed by atoms with E-state index in [1.165, 1.54) is 0 Å². The van der Waals surface area contributed by atoms with Gasteiger partial charge in [-0.05, 0) is 37.8 Å². The molecule has 1 aliphatic rings.